The highest BCUT2D eigenvalue weighted by Crippen LogP contribution is 2.23. The van der Waals surface area contributed by atoms with E-state index >= 15 is 0 Å². The van der Waals surface area contributed by atoms with Gasteiger partial charge in [-0.2, -0.15) is 0 Å². The molecule has 176 valence electrons. The second kappa shape index (κ2) is 10.2. The summed E-state index contributed by atoms with van der Waals surface area (Å²) >= 11 is 0. The average Bonchev–Trinajstić information content (AvgIpc) is 2.80. The summed E-state index contributed by atoms with van der Waals surface area (Å²) < 4.78 is 0. The molecule has 0 aliphatic carbocycles. The van der Waals surface area contributed by atoms with Crippen molar-refractivity contribution >= 4 is 17.7 Å². The van der Waals surface area contributed by atoms with E-state index in [1.807, 2.05) is 49.4 Å². The molecule has 7 nitrogen and oxygen atoms in total. The molecule has 1 atom stereocenters. The summed E-state index contributed by atoms with van der Waals surface area (Å²) in [7, 11) is 0. The summed E-state index contributed by atoms with van der Waals surface area (Å²) in [5.74, 6) is -0.662. The van der Waals surface area contributed by atoms with E-state index in [4.69, 9.17) is 5.73 Å². The van der Waals surface area contributed by atoms with Crippen molar-refractivity contribution in [3.63, 3.8) is 0 Å². The number of benzene rings is 2. The van der Waals surface area contributed by atoms with E-state index in [1.165, 1.54) is 0 Å². The van der Waals surface area contributed by atoms with Crippen LogP contribution in [-0.2, 0) is 10.2 Å². The molecule has 0 radical (unpaired) electrons. The summed E-state index contributed by atoms with van der Waals surface area (Å²) in [5, 5.41) is 2.78. The topological polar surface area (TPSA) is 95.7 Å². The number of aryl methyl sites for hydroxylation is 1. The lowest BCUT2D eigenvalue weighted by Crippen LogP contribution is -2.61. The highest BCUT2D eigenvalue weighted by Gasteiger charge is 2.37. The number of hydrogen-bond acceptors (Lipinski definition) is 4. The third-order valence-electron chi connectivity index (χ3n) is 5.94. The Labute approximate surface area is 195 Å². The highest BCUT2D eigenvalue weighted by molar-refractivity contribution is 5.99. The Morgan fingerprint density at radius 3 is 2.30 bits per heavy atom. The molecule has 1 saturated heterocycles. The van der Waals surface area contributed by atoms with Crippen LogP contribution in [0.25, 0.3) is 0 Å². The normalized spacial score (nSPS) is 16.5. The quantitative estimate of drug-likeness (QED) is 0.731. The van der Waals surface area contributed by atoms with E-state index in [1.54, 1.807) is 15.9 Å². The Hall–Kier alpha value is -3.19. The fraction of sp³-hybridized carbons (Fsp3) is 0.423. The van der Waals surface area contributed by atoms with Crippen LogP contribution in [0.15, 0.2) is 48.5 Å². The smallest absolute Gasteiger partial charge is 0.254 e. The van der Waals surface area contributed by atoms with Crippen molar-refractivity contribution in [3.8, 4) is 0 Å². The molecule has 0 aromatic heterocycles. The van der Waals surface area contributed by atoms with Crippen LogP contribution in [0.4, 0.5) is 0 Å². The molecule has 1 fully saturated rings. The van der Waals surface area contributed by atoms with Gasteiger partial charge >= 0.3 is 0 Å². The molecule has 2 aromatic carbocycles. The van der Waals surface area contributed by atoms with Crippen molar-refractivity contribution in [2.24, 2.45) is 5.73 Å². The summed E-state index contributed by atoms with van der Waals surface area (Å²) in [6.45, 7) is 9.66. The zero-order valence-corrected chi connectivity index (χ0v) is 19.9. The van der Waals surface area contributed by atoms with Gasteiger partial charge < -0.3 is 20.9 Å². The van der Waals surface area contributed by atoms with Gasteiger partial charge in [0.05, 0.1) is 6.54 Å². The number of piperazine rings is 1. The molecular formula is C26H34N4O3. The van der Waals surface area contributed by atoms with Gasteiger partial charge in [0, 0.05) is 37.3 Å². The van der Waals surface area contributed by atoms with Crippen LogP contribution >= 0.6 is 0 Å². The predicted molar refractivity (Wildman–Crippen MR) is 129 cm³/mol. The van der Waals surface area contributed by atoms with Crippen LogP contribution in [-0.4, -0.2) is 66.3 Å². The third kappa shape index (κ3) is 5.79. The summed E-state index contributed by atoms with van der Waals surface area (Å²) in [5.41, 5.74) is 8.75. The van der Waals surface area contributed by atoms with E-state index in [9.17, 15) is 14.4 Å². The summed E-state index contributed by atoms with van der Waals surface area (Å²) in [6, 6.07) is 14.1. The molecule has 1 aliphatic heterocycles. The van der Waals surface area contributed by atoms with Crippen LogP contribution in [0.3, 0.4) is 0 Å². The van der Waals surface area contributed by atoms with E-state index in [0.29, 0.717) is 30.8 Å². The number of carbonyl (C=O) groups is 3. The van der Waals surface area contributed by atoms with Gasteiger partial charge in [-0.05, 0) is 42.2 Å². The molecule has 7 heteroatoms. The minimum atomic E-state index is -0.783. The molecule has 3 rings (SSSR count). The second-order valence-electron chi connectivity index (χ2n) is 9.54. The molecule has 1 aliphatic rings. The van der Waals surface area contributed by atoms with Crippen LogP contribution in [0.2, 0.25) is 0 Å². The monoisotopic (exact) mass is 450 g/mol. The van der Waals surface area contributed by atoms with Crippen LogP contribution in [0.1, 0.15) is 52.6 Å². The molecule has 0 saturated carbocycles. The fourth-order valence-corrected chi connectivity index (χ4v) is 3.99. The van der Waals surface area contributed by atoms with Crippen molar-refractivity contribution in [3.05, 3.63) is 70.8 Å². The average molecular weight is 451 g/mol. The lowest BCUT2D eigenvalue weighted by Gasteiger charge is -2.40. The number of carbonyl (C=O) groups excluding carboxylic acids is 3. The van der Waals surface area contributed by atoms with Crippen LogP contribution in [0, 0.1) is 6.92 Å². The first-order valence-corrected chi connectivity index (χ1v) is 11.4. The summed E-state index contributed by atoms with van der Waals surface area (Å²) in [4.78, 5) is 42.6. The third-order valence-corrected chi connectivity index (χ3v) is 5.94. The number of nitrogens with zero attached hydrogens (tertiary/aromatic N) is 2. The minimum absolute atomic E-state index is 0.0198. The molecule has 0 bridgehead atoms. The zero-order valence-electron chi connectivity index (χ0n) is 19.9. The van der Waals surface area contributed by atoms with Crippen molar-refractivity contribution < 1.29 is 14.4 Å². The standard InChI is InChI=1S/C26H34N4O3/c1-18-6-5-7-20(16-18)24(32)29-14-15-30(22(17-29)23(31)28-13-12-27)25(33)19-8-10-21(11-9-19)26(2,3)4/h5-11,16,22H,12-15,17,27H2,1-4H3,(H,28,31). The van der Waals surface area contributed by atoms with Gasteiger partial charge in [-0.15, -0.1) is 0 Å². The SMILES string of the molecule is Cc1cccc(C(=O)N2CCN(C(=O)c3ccc(C(C)(C)C)cc3)C(C(=O)NCCN)C2)c1. The van der Waals surface area contributed by atoms with E-state index in [-0.39, 0.29) is 36.2 Å². The molecular weight excluding hydrogens is 416 g/mol. The summed E-state index contributed by atoms with van der Waals surface area (Å²) in [6.07, 6.45) is 0. The van der Waals surface area contributed by atoms with Crippen molar-refractivity contribution in [2.75, 3.05) is 32.7 Å². The minimum Gasteiger partial charge on any atom is -0.353 e. The number of amides is 3. The Bertz CT molecular complexity index is 1010. The molecule has 3 N–H and O–H groups in total. The van der Waals surface area contributed by atoms with Gasteiger partial charge in [0.25, 0.3) is 11.8 Å². The van der Waals surface area contributed by atoms with Gasteiger partial charge in [0.1, 0.15) is 6.04 Å². The van der Waals surface area contributed by atoms with Crippen LogP contribution < -0.4 is 11.1 Å². The largest absolute Gasteiger partial charge is 0.353 e. The van der Waals surface area contributed by atoms with Gasteiger partial charge in [-0.25, -0.2) is 0 Å². The zero-order chi connectivity index (χ0) is 24.2. The molecule has 33 heavy (non-hydrogen) atoms. The van der Waals surface area contributed by atoms with E-state index in [0.717, 1.165) is 11.1 Å². The molecule has 2 aromatic rings. The maximum Gasteiger partial charge on any atom is 0.254 e. The van der Waals surface area contributed by atoms with Crippen molar-refractivity contribution in [2.45, 2.75) is 39.2 Å². The number of nitrogens with two attached hydrogens (primary N) is 1. The van der Waals surface area contributed by atoms with Gasteiger partial charge in [-0.3, -0.25) is 14.4 Å². The lowest BCUT2D eigenvalue weighted by atomic mass is 9.86. The predicted octanol–water partition coefficient (Wildman–Crippen LogP) is 2.33. The maximum absolute atomic E-state index is 13.4. The number of nitrogens with one attached hydrogen (secondary N) is 1. The molecule has 1 unspecified atom stereocenters. The second-order valence-corrected chi connectivity index (χ2v) is 9.54. The lowest BCUT2D eigenvalue weighted by molar-refractivity contribution is -0.127. The number of rotatable bonds is 5. The van der Waals surface area contributed by atoms with E-state index < -0.39 is 6.04 Å². The first-order valence-electron chi connectivity index (χ1n) is 11.4. The maximum atomic E-state index is 13.4. The molecule has 3 amide bonds. The van der Waals surface area contributed by atoms with Crippen molar-refractivity contribution in [1.29, 1.82) is 0 Å². The van der Waals surface area contributed by atoms with E-state index in [2.05, 4.69) is 26.1 Å². The first-order chi connectivity index (χ1) is 15.6. The molecule has 1 heterocycles. The Morgan fingerprint density at radius 2 is 1.70 bits per heavy atom. The fourth-order valence-electron chi connectivity index (χ4n) is 3.99. The number of hydrogen-bond donors (Lipinski definition) is 2. The first kappa shape index (κ1) is 24.5. The van der Waals surface area contributed by atoms with Gasteiger partial charge in [0.2, 0.25) is 5.91 Å². The van der Waals surface area contributed by atoms with Crippen molar-refractivity contribution in [1.82, 2.24) is 15.1 Å². The van der Waals surface area contributed by atoms with Crippen LogP contribution in [0.5, 0.6) is 0 Å². The Balaban J connectivity index is 1.82. The van der Waals surface area contributed by atoms with Gasteiger partial charge in [0.15, 0.2) is 0 Å². The highest BCUT2D eigenvalue weighted by atomic mass is 16.2. The Kier molecular flexibility index (Phi) is 7.53. The molecule has 0 spiro atoms. The van der Waals surface area contributed by atoms with Gasteiger partial charge in [-0.1, -0.05) is 50.6 Å². The Morgan fingerprint density at radius 1 is 1.00 bits per heavy atom.